The standard InChI is InChI=1S/C10H21NO/c1-3-9(4-2)11-8-10-6-5-7-12-10/h9-11H,3-8H2,1-2H3/t10-/m0/s1. The third kappa shape index (κ3) is 3.11. The first kappa shape index (κ1) is 10.0. The zero-order valence-electron chi connectivity index (χ0n) is 8.31. The lowest BCUT2D eigenvalue weighted by Gasteiger charge is -2.17. The van der Waals surface area contributed by atoms with Gasteiger partial charge >= 0.3 is 0 Å². The van der Waals surface area contributed by atoms with Crippen LogP contribution in [0.25, 0.3) is 0 Å². The molecule has 0 amide bonds. The molecule has 1 heterocycles. The van der Waals surface area contributed by atoms with Gasteiger partial charge in [-0.2, -0.15) is 0 Å². The zero-order valence-corrected chi connectivity index (χ0v) is 8.31. The van der Waals surface area contributed by atoms with Gasteiger partial charge in [-0.05, 0) is 25.7 Å². The van der Waals surface area contributed by atoms with Crippen molar-refractivity contribution in [3.63, 3.8) is 0 Å². The Hall–Kier alpha value is -0.0800. The summed E-state index contributed by atoms with van der Waals surface area (Å²) in [6.07, 6.45) is 5.43. The predicted molar refractivity (Wildman–Crippen MR) is 51.3 cm³/mol. The van der Waals surface area contributed by atoms with E-state index in [0.29, 0.717) is 12.1 Å². The molecule has 0 spiro atoms. The number of nitrogens with one attached hydrogen (secondary N) is 1. The molecule has 12 heavy (non-hydrogen) atoms. The van der Waals surface area contributed by atoms with Gasteiger partial charge in [0, 0.05) is 19.2 Å². The monoisotopic (exact) mass is 171 g/mol. The molecule has 0 unspecified atom stereocenters. The van der Waals surface area contributed by atoms with E-state index in [2.05, 4.69) is 19.2 Å². The van der Waals surface area contributed by atoms with Gasteiger partial charge in [-0.1, -0.05) is 13.8 Å². The van der Waals surface area contributed by atoms with Crippen molar-refractivity contribution < 1.29 is 4.74 Å². The molecule has 0 bridgehead atoms. The molecular weight excluding hydrogens is 150 g/mol. The highest BCUT2D eigenvalue weighted by atomic mass is 16.5. The van der Waals surface area contributed by atoms with E-state index in [1.54, 1.807) is 0 Å². The van der Waals surface area contributed by atoms with Crippen LogP contribution in [0.2, 0.25) is 0 Å². The van der Waals surface area contributed by atoms with Crippen molar-refractivity contribution in [2.24, 2.45) is 0 Å². The Bertz CT molecular complexity index is 104. The predicted octanol–water partition coefficient (Wildman–Crippen LogP) is 1.94. The van der Waals surface area contributed by atoms with E-state index >= 15 is 0 Å². The van der Waals surface area contributed by atoms with Crippen LogP contribution < -0.4 is 5.32 Å². The first-order chi connectivity index (χ1) is 5.86. The quantitative estimate of drug-likeness (QED) is 0.682. The molecule has 0 aromatic carbocycles. The molecular formula is C10H21NO. The van der Waals surface area contributed by atoms with E-state index in [0.717, 1.165) is 13.2 Å². The minimum atomic E-state index is 0.491. The highest BCUT2D eigenvalue weighted by Gasteiger charge is 2.15. The maximum absolute atomic E-state index is 5.53. The van der Waals surface area contributed by atoms with Crippen molar-refractivity contribution in [1.29, 1.82) is 0 Å². The summed E-state index contributed by atoms with van der Waals surface area (Å²) in [7, 11) is 0. The molecule has 0 saturated carbocycles. The minimum absolute atomic E-state index is 0.491. The fourth-order valence-corrected chi connectivity index (χ4v) is 1.68. The summed E-state index contributed by atoms with van der Waals surface area (Å²) >= 11 is 0. The van der Waals surface area contributed by atoms with E-state index in [-0.39, 0.29) is 0 Å². The number of hydrogen-bond donors (Lipinski definition) is 1. The number of ether oxygens (including phenoxy) is 1. The number of rotatable bonds is 5. The molecule has 1 aliphatic rings. The highest BCUT2D eigenvalue weighted by Crippen LogP contribution is 2.11. The highest BCUT2D eigenvalue weighted by molar-refractivity contribution is 4.71. The molecule has 1 saturated heterocycles. The van der Waals surface area contributed by atoms with Crippen LogP contribution in [0.5, 0.6) is 0 Å². The fourth-order valence-electron chi connectivity index (χ4n) is 1.68. The molecule has 72 valence electrons. The zero-order chi connectivity index (χ0) is 8.81. The molecule has 0 radical (unpaired) electrons. The van der Waals surface area contributed by atoms with Gasteiger partial charge in [0.15, 0.2) is 0 Å². The van der Waals surface area contributed by atoms with E-state index in [1.807, 2.05) is 0 Å². The molecule has 2 heteroatoms. The van der Waals surface area contributed by atoms with Gasteiger partial charge < -0.3 is 10.1 Å². The van der Waals surface area contributed by atoms with Crippen molar-refractivity contribution >= 4 is 0 Å². The van der Waals surface area contributed by atoms with Gasteiger partial charge in [-0.25, -0.2) is 0 Å². The van der Waals surface area contributed by atoms with Crippen LogP contribution in [0.1, 0.15) is 39.5 Å². The summed E-state index contributed by atoms with van der Waals surface area (Å²) in [6.45, 7) is 6.48. The normalized spacial score (nSPS) is 23.8. The van der Waals surface area contributed by atoms with Crippen LogP contribution >= 0.6 is 0 Å². The van der Waals surface area contributed by atoms with Crippen molar-refractivity contribution in [2.75, 3.05) is 13.2 Å². The SMILES string of the molecule is CCC(CC)NC[C@@H]1CCCO1. The maximum Gasteiger partial charge on any atom is 0.0700 e. The van der Waals surface area contributed by atoms with Crippen LogP contribution in [0.4, 0.5) is 0 Å². The van der Waals surface area contributed by atoms with Crippen LogP contribution in [0.15, 0.2) is 0 Å². The molecule has 1 N–H and O–H groups in total. The van der Waals surface area contributed by atoms with Gasteiger partial charge in [-0.3, -0.25) is 0 Å². The lowest BCUT2D eigenvalue weighted by Crippen LogP contribution is -2.34. The molecule has 1 atom stereocenters. The van der Waals surface area contributed by atoms with Crippen molar-refractivity contribution in [1.82, 2.24) is 5.32 Å². The molecule has 0 aliphatic carbocycles. The van der Waals surface area contributed by atoms with Crippen molar-refractivity contribution in [3.8, 4) is 0 Å². The van der Waals surface area contributed by atoms with Crippen LogP contribution in [0, 0.1) is 0 Å². The Labute approximate surface area is 75.7 Å². The first-order valence-electron chi connectivity index (χ1n) is 5.21. The fraction of sp³-hybridized carbons (Fsp3) is 1.00. The van der Waals surface area contributed by atoms with Crippen molar-refractivity contribution in [3.05, 3.63) is 0 Å². The van der Waals surface area contributed by atoms with Gasteiger partial charge in [0.2, 0.25) is 0 Å². The van der Waals surface area contributed by atoms with E-state index in [4.69, 9.17) is 4.74 Å². The Morgan fingerprint density at radius 3 is 2.67 bits per heavy atom. The largest absolute Gasteiger partial charge is 0.377 e. The van der Waals surface area contributed by atoms with Crippen molar-refractivity contribution in [2.45, 2.75) is 51.7 Å². The second kappa shape index (κ2) is 5.55. The maximum atomic E-state index is 5.53. The molecule has 0 aromatic rings. The molecule has 1 rings (SSSR count). The lowest BCUT2D eigenvalue weighted by atomic mass is 10.1. The van der Waals surface area contributed by atoms with Crippen LogP contribution in [-0.2, 0) is 4.74 Å². The molecule has 2 nitrogen and oxygen atoms in total. The Balaban J connectivity index is 2.06. The van der Waals surface area contributed by atoms with Gasteiger partial charge in [0.1, 0.15) is 0 Å². The second-order valence-electron chi connectivity index (χ2n) is 3.56. The van der Waals surface area contributed by atoms with Crippen LogP contribution in [-0.4, -0.2) is 25.3 Å². The summed E-state index contributed by atoms with van der Waals surface area (Å²) in [4.78, 5) is 0. The van der Waals surface area contributed by atoms with E-state index < -0.39 is 0 Å². The summed E-state index contributed by atoms with van der Waals surface area (Å²) in [5, 5.41) is 3.54. The van der Waals surface area contributed by atoms with Gasteiger partial charge in [-0.15, -0.1) is 0 Å². The molecule has 1 fully saturated rings. The summed E-state index contributed by atoms with van der Waals surface area (Å²) in [5.41, 5.74) is 0. The van der Waals surface area contributed by atoms with E-state index in [9.17, 15) is 0 Å². The van der Waals surface area contributed by atoms with Gasteiger partial charge in [0.25, 0.3) is 0 Å². The Kier molecular flexibility index (Phi) is 4.62. The summed E-state index contributed by atoms with van der Waals surface area (Å²) in [5.74, 6) is 0. The van der Waals surface area contributed by atoms with Crippen LogP contribution in [0.3, 0.4) is 0 Å². The smallest absolute Gasteiger partial charge is 0.0700 e. The third-order valence-corrected chi connectivity index (χ3v) is 2.64. The molecule has 0 aromatic heterocycles. The summed E-state index contributed by atoms with van der Waals surface area (Å²) in [6, 6.07) is 0.689. The second-order valence-corrected chi connectivity index (χ2v) is 3.56. The number of hydrogen-bond acceptors (Lipinski definition) is 2. The minimum Gasteiger partial charge on any atom is -0.377 e. The Morgan fingerprint density at radius 2 is 2.17 bits per heavy atom. The summed E-state index contributed by atoms with van der Waals surface area (Å²) < 4.78 is 5.53. The Morgan fingerprint density at radius 1 is 1.42 bits per heavy atom. The average Bonchev–Trinajstić information content (AvgIpc) is 2.59. The topological polar surface area (TPSA) is 21.3 Å². The lowest BCUT2D eigenvalue weighted by molar-refractivity contribution is 0.107. The van der Waals surface area contributed by atoms with E-state index in [1.165, 1.54) is 25.7 Å². The average molecular weight is 171 g/mol. The third-order valence-electron chi connectivity index (χ3n) is 2.64. The van der Waals surface area contributed by atoms with Gasteiger partial charge in [0.05, 0.1) is 6.10 Å². The molecule has 1 aliphatic heterocycles. The first-order valence-corrected chi connectivity index (χ1v) is 5.21.